The Morgan fingerprint density at radius 2 is 1.71 bits per heavy atom. The van der Waals surface area contributed by atoms with Crippen LogP contribution in [0.3, 0.4) is 0 Å². The Kier molecular flexibility index (Phi) is 5.51. The molecule has 1 aliphatic rings. The van der Waals surface area contributed by atoms with Crippen molar-refractivity contribution in [3.63, 3.8) is 0 Å². The molecule has 0 bridgehead atoms. The predicted molar refractivity (Wildman–Crippen MR) is 110 cm³/mol. The molecule has 1 heterocycles. The van der Waals surface area contributed by atoms with Crippen LogP contribution >= 0.6 is 0 Å². The molecule has 3 aromatic rings. The first-order valence-corrected chi connectivity index (χ1v) is 10.0. The molecule has 144 valence electrons. The molecule has 0 saturated heterocycles. The van der Waals surface area contributed by atoms with E-state index in [2.05, 4.69) is 5.32 Å². The van der Waals surface area contributed by atoms with Gasteiger partial charge in [-0.15, -0.1) is 0 Å². The average Bonchev–Trinajstić information content (AvgIpc) is 2.72. The SMILES string of the molecule is O=C(Cn1c(Cc2ccccc2)nc2ccccc2c1=O)NC1CCCCC1. The maximum Gasteiger partial charge on any atom is 0.261 e. The minimum Gasteiger partial charge on any atom is -0.352 e. The Hall–Kier alpha value is -2.95. The van der Waals surface area contributed by atoms with Crippen LogP contribution in [0.25, 0.3) is 10.9 Å². The topological polar surface area (TPSA) is 64.0 Å². The molecule has 1 N–H and O–H groups in total. The molecular weight excluding hydrogens is 350 g/mol. The number of amides is 1. The molecule has 5 nitrogen and oxygen atoms in total. The van der Waals surface area contributed by atoms with Gasteiger partial charge in [0, 0.05) is 12.5 Å². The number of carbonyl (C=O) groups excluding carboxylic acids is 1. The Bertz CT molecular complexity index is 1020. The van der Waals surface area contributed by atoms with Gasteiger partial charge in [-0.3, -0.25) is 14.2 Å². The molecular formula is C23H25N3O2. The van der Waals surface area contributed by atoms with E-state index in [1.807, 2.05) is 48.5 Å². The van der Waals surface area contributed by atoms with Gasteiger partial charge < -0.3 is 5.32 Å². The highest BCUT2D eigenvalue weighted by atomic mass is 16.2. The molecule has 0 spiro atoms. The number of aromatic nitrogens is 2. The predicted octanol–water partition coefficient (Wildman–Crippen LogP) is 3.44. The summed E-state index contributed by atoms with van der Waals surface area (Å²) in [6.07, 6.45) is 6.10. The quantitative estimate of drug-likeness (QED) is 0.743. The minimum atomic E-state index is -0.157. The fourth-order valence-electron chi connectivity index (χ4n) is 3.95. The lowest BCUT2D eigenvalue weighted by Gasteiger charge is -2.23. The number of hydrogen-bond acceptors (Lipinski definition) is 3. The third kappa shape index (κ3) is 4.14. The highest BCUT2D eigenvalue weighted by Gasteiger charge is 2.18. The zero-order valence-corrected chi connectivity index (χ0v) is 15.9. The highest BCUT2D eigenvalue weighted by molar-refractivity contribution is 5.79. The van der Waals surface area contributed by atoms with E-state index in [-0.39, 0.29) is 24.1 Å². The largest absolute Gasteiger partial charge is 0.352 e. The molecule has 0 unspecified atom stereocenters. The van der Waals surface area contributed by atoms with Gasteiger partial charge in [-0.25, -0.2) is 4.98 Å². The van der Waals surface area contributed by atoms with Crippen molar-refractivity contribution in [3.05, 3.63) is 76.3 Å². The molecule has 1 saturated carbocycles. The van der Waals surface area contributed by atoms with Crippen LogP contribution in [0.4, 0.5) is 0 Å². The monoisotopic (exact) mass is 375 g/mol. The molecule has 5 heteroatoms. The number of carbonyl (C=O) groups is 1. The van der Waals surface area contributed by atoms with Gasteiger partial charge in [0.1, 0.15) is 12.4 Å². The Labute approximate surface area is 164 Å². The number of benzene rings is 2. The van der Waals surface area contributed by atoms with Crippen LogP contribution in [-0.4, -0.2) is 21.5 Å². The first-order chi connectivity index (χ1) is 13.7. The fourth-order valence-corrected chi connectivity index (χ4v) is 3.95. The lowest BCUT2D eigenvalue weighted by Crippen LogP contribution is -2.40. The maximum absolute atomic E-state index is 13.1. The van der Waals surface area contributed by atoms with E-state index in [4.69, 9.17) is 4.98 Å². The second-order valence-corrected chi connectivity index (χ2v) is 7.50. The summed E-state index contributed by atoms with van der Waals surface area (Å²) in [6, 6.07) is 17.5. The molecule has 0 atom stereocenters. The third-order valence-corrected chi connectivity index (χ3v) is 5.42. The number of rotatable bonds is 5. The van der Waals surface area contributed by atoms with Crippen molar-refractivity contribution in [2.24, 2.45) is 0 Å². The summed E-state index contributed by atoms with van der Waals surface area (Å²) in [6.45, 7) is 0.00926. The van der Waals surface area contributed by atoms with Gasteiger partial charge in [0.15, 0.2) is 0 Å². The number of nitrogens with one attached hydrogen (secondary N) is 1. The van der Waals surface area contributed by atoms with Crippen molar-refractivity contribution in [1.82, 2.24) is 14.9 Å². The fraction of sp³-hybridized carbons (Fsp3) is 0.348. The normalized spacial score (nSPS) is 14.9. The lowest BCUT2D eigenvalue weighted by atomic mass is 9.95. The van der Waals surface area contributed by atoms with E-state index in [0.29, 0.717) is 23.1 Å². The van der Waals surface area contributed by atoms with Crippen LogP contribution in [0, 0.1) is 0 Å². The van der Waals surface area contributed by atoms with Gasteiger partial charge in [-0.2, -0.15) is 0 Å². The first kappa shape index (κ1) is 18.4. The molecule has 0 aliphatic heterocycles. The third-order valence-electron chi connectivity index (χ3n) is 5.42. The van der Waals surface area contributed by atoms with E-state index in [1.54, 1.807) is 6.07 Å². The van der Waals surface area contributed by atoms with Crippen molar-refractivity contribution < 1.29 is 4.79 Å². The van der Waals surface area contributed by atoms with Crippen molar-refractivity contribution in [2.75, 3.05) is 0 Å². The van der Waals surface area contributed by atoms with Gasteiger partial charge in [0.05, 0.1) is 10.9 Å². The Balaban J connectivity index is 1.66. The van der Waals surface area contributed by atoms with Crippen LogP contribution in [-0.2, 0) is 17.8 Å². The minimum absolute atomic E-state index is 0.00926. The molecule has 0 radical (unpaired) electrons. The highest BCUT2D eigenvalue weighted by Crippen LogP contribution is 2.17. The zero-order chi connectivity index (χ0) is 19.3. The summed E-state index contributed by atoms with van der Waals surface area (Å²) in [5.41, 5.74) is 1.57. The summed E-state index contributed by atoms with van der Waals surface area (Å²) in [5, 5.41) is 3.65. The van der Waals surface area contributed by atoms with Crippen molar-refractivity contribution in [2.45, 2.75) is 51.1 Å². The maximum atomic E-state index is 13.1. The van der Waals surface area contributed by atoms with E-state index in [1.165, 1.54) is 11.0 Å². The smallest absolute Gasteiger partial charge is 0.261 e. The van der Waals surface area contributed by atoms with E-state index in [0.717, 1.165) is 31.2 Å². The Morgan fingerprint density at radius 3 is 2.50 bits per heavy atom. The van der Waals surface area contributed by atoms with Gasteiger partial charge in [-0.1, -0.05) is 61.7 Å². The first-order valence-electron chi connectivity index (χ1n) is 10.0. The summed E-state index contributed by atoms with van der Waals surface area (Å²) in [5.74, 6) is 0.508. The molecule has 28 heavy (non-hydrogen) atoms. The van der Waals surface area contributed by atoms with Crippen molar-refractivity contribution >= 4 is 16.8 Å². The molecule has 1 amide bonds. The van der Waals surface area contributed by atoms with E-state index >= 15 is 0 Å². The van der Waals surface area contributed by atoms with Crippen molar-refractivity contribution in [1.29, 1.82) is 0 Å². The van der Waals surface area contributed by atoms with Crippen LogP contribution in [0.2, 0.25) is 0 Å². The standard InChI is InChI=1S/C23H25N3O2/c27-22(24-18-11-5-2-6-12-18)16-26-21(15-17-9-3-1-4-10-17)25-20-14-8-7-13-19(20)23(26)28/h1,3-4,7-10,13-14,18H,2,5-6,11-12,15-16H2,(H,24,27). The van der Waals surface area contributed by atoms with Crippen molar-refractivity contribution in [3.8, 4) is 0 Å². The number of nitrogens with zero attached hydrogens (tertiary/aromatic N) is 2. The van der Waals surface area contributed by atoms with Gasteiger partial charge >= 0.3 is 0 Å². The van der Waals surface area contributed by atoms with Crippen LogP contribution in [0.15, 0.2) is 59.4 Å². The van der Waals surface area contributed by atoms with Gasteiger partial charge in [0.2, 0.25) is 5.91 Å². The summed E-state index contributed by atoms with van der Waals surface area (Å²) in [4.78, 5) is 30.5. The second kappa shape index (κ2) is 8.38. The van der Waals surface area contributed by atoms with Crippen LogP contribution in [0.5, 0.6) is 0 Å². The Morgan fingerprint density at radius 1 is 1.00 bits per heavy atom. The molecule has 1 aliphatic carbocycles. The molecule has 1 aromatic heterocycles. The number of hydrogen-bond donors (Lipinski definition) is 1. The van der Waals surface area contributed by atoms with Crippen LogP contribution < -0.4 is 10.9 Å². The summed E-state index contributed by atoms with van der Waals surface area (Å²) < 4.78 is 1.54. The second-order valence-electron chi connectivity index (χ2n) is 7.50. The van der Waals surface area contributed by atoms with E-state index < -0.39 is 0 Å². The zero-order valence-electron chi connectivity index (χ0n) is 15.9. The lowest BCUT2D eigenvalue weighted by molar-refractivity contribution is -0.122. The average molecular weight is 375 g/mol. The summed E-state index contributed by atoms with van der Waals surface area (Å²) >= 11 is 0. The molecule has 1 fully saturated rings. The molecule has 4 rings (SSSR count). The number of fused-ring (bicyclic) bond motifs is 1. The summed E-state index contributed by atoms with van der Waals surface area (Å²) in [7, 11) is 0. The van der Waals surface area contributed by atoms with Crippen LogP contribution in [0.1, 0.15) is 43.5 Å². The van der Waals surface area contributed by atoms with Gasteiger partial charge in [-0.05, 0) is 30.5 Å². The molecule has 2 aromatic carbocycles. The van der Waals surface area contributed by atoms with Gasteiger partial charge in [0.25, 0.3) is 5.56 Å². The van der Waals surface area contributed by atoms with E-state index in [9.17, 15) is 9.59 Å². The number of para-hydroxylation sites is 1.